The smallest absolute Gasteiger partial charge is 0.312 e. The van der Waals surface area contributed by atoms with Gasteiger partial charge < -0.3 is 14.7 Å². The quantitative estimate of drug-likeness (QED) is 0.768. The van der Waals surface area contributed by atoms with Crippen LogP contribution in [-0.4, -0.2) is 37.4 Å². The molecule has 104 valence electrons. The van der Waals surface area contributed by atoms with Gasteiger partial charge in [0.1, 0.15) is 5.92 Å². The van der Waals surface area contributed by atoms with E-state index in [4.69, 9.17) is 4.74 Å². The van der Waals surface area contributed by atoms with Gasteiger partial charge in [-0.2, -0.15) is 0 Å². The van der Waals surface area contributed by atoms with Crippen LogP contribution in [0.25, 0.3) is 0 Å². The molecule has 1 atom stereocenters. The summed E-state index contributed by atoms with van der Waals surface area (Å²) in [5.74, 6) is -1.16. The Morgan fingerprint density at radius 3 is 2.95 bits per heavy atom. The second kappa shape index (κ2) is 6.57. The minimum Gasteiger partial charge on any atom is -0.481 e. The Bertz CT molecular complexity index is 433. The third kappa shape index (κ3) is 3.26. The molecule has 2 rings (SSSR count). The van der Waals surface area contributed by atoms with Crippen LogP contribution in [-0.2, 0) is 9.53 Å². The van der Waals surface area contributed by atoms with Gasteiger partial charge in [-0.15, -0.1) is 0 Å². The SMILES string of the molecule is CCCCOCCN1CC(C(=O)O)c2ccccc21. The fourth-order valence-corrected chi connectivity index (χ4v) is 2.43. The molecule has 19 heavy (non-hydrogen) atoms. The van der Waals surface area contributed by atoms with Crippen LogP contribution in [0, 0.1) is 0 Å². The standard InChI is InChI=1S/C15H21NO3/c1-2-3-9-19-10-8-16-11-13(15(17)18)12-6-4-5-7-14(12)16/h4-7,13H,2-3,8-11H2,1H3,(H,17,18). The van der Waals surface area contributed by atoms with Crippen molar-refractivity contribution in [3.63, 3.8) is 0 Å². The molecule has 1 heterocycles. The molecule has 0 saturated heterocycles. The molecule has 1 unspecified atom stereocenters. The van der Waals surface area contributed by atoms with E-state index in [0.29, 0.717) is 13.2 Å². The molecule has 4 nitrogen and oxygen atoms in total. The maximum absolute atomic E-state index is 11.3. The Labute approximate surface area is 114 Å². The van der Waals surface area contributed by atoms with Crippen molar-refractivity contribution in [1.82, 2.24) is 0 Å². The number of anilines is 1. The number of hydrogen-bond donors (Lipinski definition) is 1. The molecule has 0 radical (unpaired) electrons. The van der Waals surface area contributed by atoms with E-state index in [1.165, 1.54) is 0 Å². The second-order valence-electron chi connectivity index (χ2n) is 4.86. The number of carboxylic acid groups (broad SMARTS) is 1. The number of ether oxygens (including phenoxy) is 1. The Balaban J connectivity index is 1.94. The number of para-hydroxylation sites is 1. The summed E-state index contributed by atoms with van der Waals surface area (Å²) in [5, 5.41) is 9.26. The normalized spacial score (nSPS) is 17.5. The molecular weight excluding hydrogens is 242 g/mol. The molecule has 0 aliphatic carbocycles. The lowest BCUT2D eigenvalue weighted by Gasteiger charge is -2.19. The zero-order valence-electron chi connectivity index (χ0n) is 11.3. The fraction of sp³-hybridized carbons (Fsp3) is 0.533. The Hall–Kier alpha value is -1.55. The molecule has 0 amide bonds. The lowest BCUT2D eigenvalue weighted by atomic mass is 10.0. The van der Waals surface area contributed by atoms with Crippen molar-refractivity contribution in [2.75, 3.05) is 31.2 Å². The average molecular weight is 263 g/mol. The highest BCUT2D eigenvalue weighted by molar-refractivity contribution is 5.82. The number of carbonyl (C=O) groups is 1. The van der Waals surface area contributed by atoms with Crippen molar-refractivity contribution in [3.8, 4) is 0 Å². The van der Waals surface area contributed by atoms with Crippen LogP contribution in [0.1, 0.15) is 31.2 Å². The third-order valence-electron chi connectivity index (χ3n) is 3.50. The lowest BCUT2D eigenvalue weighted by Crippen LogP contribution is -2.28. The molecule has 1 aromatic carbocycles. The number of unbranched alkanes of at least 4 members (excludes halogenated alkanes) is 1. The van der Waals surface area contributed by atoms with Gasteiger partial charge in [0.25, 0.3) is 0 Å². The van der Waals surface area contributed by atoms with Crippen molar-refractivity contribution in [2.24, 2.45) is 0 Å². The Morgan fingerprint density at radius 1 is 1.42 bits per heavy atom. The highest BCUT2D eigenvalue weighted by atomic mass is 16.5. The molecule has 4 heteroatoms. The summed E-state index contributed by atoms with van der Waals surface area (Å²) in [4.78, 5) is 13.4. The number of aliphatic carboxylic acids is 1. The van der Waals surface area contributed by atoms with E-state index >= 15 is 0 Å². The van der Waals surface area contributed by atoms with E-state index in [2.05, 4.69) is 11.8 Å². The van der Waals surface area contributed by atoms with Crippen molar-refractivity contribution < 1.29 is 14.6 Å². The summed E-state index contributed by atoms with van der Waals surface area (Å²) >= 11 is 0. The molecule has 0 saturated carbocycles. The molecule has 0 aromatic heterocycles. The van der Waals surface area contributed by atoms with E-state index < -0.39 is 11.9 Å². The zero-order chi connectivity index (χ0) is 13.7. The first-order valence-corrected chi connectivity index (χ1v) is 6.88. The predicted octanol–water partition coefficient (Wildman–Crippen LogP) is 2.49. The maximum Gasteiger partial charge on any atom is 0.312 e. The Morgan fingerprint density at radius 2 is 2.21 bits per heavy atom. The topological polar surface area (TPSA) is 49.8 Å². The van der Waals surface area contributed by atoms with Crippen molar-refractivity contribution in [1.29, 1.82) is 0 Å². The third-order valence-corrected chi connectivity index (χ3v) is 3.50. The van der Waals surface area contributed by atoms with Gasteiger partial charge in [0, 0.05) is 25.4 Å². The van der Waals surface area contributed by atoms with E-state index in [0.717, 1.165) is 37.2 Å². The first kappa shape index (κ1) is 13.9. The van der Waals surface area contributed by atoms with Crippen molar-refractivity contribution in [3.05, 3.63) is 29.8 Å². The zero-order valence-corrected chi connectivity index (χ0v) is 11.3. The fourth-order valence-electron chi connectivity index (χ4n) is 2.43. The minimum absolute atomic E-state index is 0.410. The highest BCUT2D eigenvalue weighted by Gasteiger charge is 2.32. The van der Waals surface area contributed by atoms with Crippen LogP contribution in [0.5, 0.6) is 0 Å². The van der Waals surface area contributed by atoms with Crippen LogP contribution in [0.2, 0.25) is 0 Å². The number of fused-ring (bicyclic) bond motifs is 1. The summed E-state index contributed by atoms with van der Waals surface area (Å²) in [6.45, 7) is 4.88. The largest absolute Gasteiger partial charge is 0.481 e. The van der Waals surface area contributed by atoms with Crippen molar-refractivity contribution in [2.45, 2.75) is 25.7 Å². The molecule has 0 spiro atoms. The van der Waals surface area contributed by atoms with Gasteiger partial charge in [-0.25, -0.2) is 0 Å². The van der Waals surface area contributed by atoms with Gasteiger partial charge in [0.2, 0.25) is 0 Å². The van der Waals surface area contributed by atoms with Gasteiger partial charge in [-0.3, -0.25) is 4.79 Å². The summed E-state index contributed by atoms with van der Waals surface area (Å²) in [6.07, 6.45) is 2.21. The van der Waals surface area contributed by atoms with Crippen LogP contribution in [0.4, 0.5) is 5.69 Å². The summed E-state index contributed by atoms with van der Waals surface area (Å²) in [5.41, 5.74) is 1.96. The monoisotopic (exact) mass is 263 g/mol. The minimum atomic E-state index is -0.748. The molecule has 0 fully saturated rings. The highest BCUT2D eigenvalue weighted by Crippen LogP contribution is 2.35. The molecular formula is C15H21NO3. The predicted molar refractivity (Wildman–Crippen MR) is 74.8 cm³/mol. The maximum atomic E-state index is 11.3. The number of hydrogen-bond acceptors (Lipinski definition) is 3. The number of rotatable bonds is 7. The second-order valence-corrected chi connectivity index (χ2v) is 4.86. The molecule has 1 aliphatic heterocycles. The van der Waals surface area contributed by atoms with Crippen LogP contribution in [0.15, 0.2) is 24.3 Å². The first-order chi connectivity index (χ1) is 9.24. The molecule has 1 aliphatic rings. The number of nitrogens with zero attached hydrogens (tertiary/aromatic N) is 1. The van der Waals surface area contributed by atoms with Gasteiger partial charge in [-0.1, -0.05) is 31.5 Å². The summed E-state index contributed by atoms with van der Waals surface area (Å²) in [6, 6.07) is 7.75. The molecule has 0 bridgehead atoms. The van der Waals surface area contributed by atoms with Crippen LogP contribution in [0.3, 0.4) is 0 Å². The van der Waals surface area contributed by atoms with Gasteiger partial charge in [0.05, 0.1) is 6.61 Å². The number of carboxylic acids is 1. The molecule has 1 N–H and O–H groups in total. The van der Waals surface area contributed by atoms with E-state index in [-0.39, 0.29) is 0 Å². The van der Waals surface area contributed by atoms with Crippen LogP contribution >= 0.6 is 0 Å². The van der Waals surface area contributed by atoms with E-state index in [1.54, 1.807) is 0 Å². The average Bonchev–Trinajstić information content (AvgIpc) is 2.78. The van der Waals surface area contributed by atoms with Gasteiger partial charge >= 0.3 is 5.97 Å². The van der Waals surface area contributed by atoms with Gasteiger partial charge in [-0.05, 0) is 18.1 Å². The van der Waals surface area contributed by atoms with Crippen molar-refractivity contribution >= 4 is 11.7 Å². The Kier molecular flexibility index (Phi) is 4.80. The summed E-state index contributed by atoms with van der Waals surface area (Å²) < 4.78 is 5.56. The summed E-state index contributed by atoms with van der Waals surface area (Å²) in [7, 11) is 0. The van der Waals surface area contributed by atoms with E-state index in [1.807, 2.05) is 24.3 Å². The van der Waals surface area contributed by atoms with E-state index in [9.17, 15) is 9.90 Å². The number of benzene rings is 1. The first-order valence-electron chi connectivity index (χ1n) is 6.88. The van der Waals surface area contributed by atoms with Crippen LogP contribution < -0.4 is 4.90 Å². The molecule has 1 aromatic rings. The lowest BCUT2D eigenvalue weighted by molar-refractivity contribution is -0.138. The van der Waals surface area contributed by atoms with Gasteiger partial charge in [0.15, 0.2) is 0 Å².